The number of aromatic nitrogens is 2. The molecule has 0 aliphatic heterocycles. The molecular weight excluding hydrogens is 414 g/mol. The number of rotatable bonds is 2. The molecule has 0 fully saturated rings. The summed E-state index contributed by atoms with van der Waals surface area (Å²) in [7, 11) is 0. The molecule has 0 aliphatic carbocycles. The van der Waals surface area contributed by atoms with Gasteiger partial charge in [-0.2, -0.15) is 13.2 Å². The van der Waals surface area contributed by atoms with Crippen molar-refractivity contribution >= 4 is 52.0 Å². The second kappa shape index (κ2) is 6.64. The Hall–Kier alpha value is -1.96. The number of hydrogen-bond acceptors (Lipinski definition) is 2. The largest absolute Gasteiger partial charge is 0.417 e. The van der Waals surface area contributed by atoms with Crippen molar-refractivity contribution in [2.24, 2.45) is 0 Å². The van der Waals surface area contributed by atoms with Gasteiger partial charge in [0.15, 0.2) is 5.65 Å². The lowest BCUT2D eigenvalue weighted by Crippen LogP contribution is -2.16. The summed E-state index contributed by atoms with van der Waals surface area (Å²) in [4.78, 5) is 16.7. The van der Waals surface area contributed by atoms with Gasteiger partial charge in [-0.3, -0.25) is 9.20 Å². The van der Waals surface area contributed by atoms with Crippen molar-refractivity contribution in [1.82, 2.24) is 9.38 Å². The highest BCUT2D eigenvalue weighted by Gasteiger charge is 2.33. The van der Waals surface area contributed by atoms with Crippen LogP contribution in [0.25, 0.3) is 5.65 Å². The van der Waals surface area contributed by atoms with Crippen LogP contribution in [0.1, 0.15) is 21.7 Å². The average molecular weight is 423 g/mol. The Balaban J connectivity index is 2.10. The zero-order valence-corrected chi connectivity index (χ0v) is 15.2. The highest BCUT2D eigenvalue weighted by Crippen LogP contribution is 2.33. The fraction of sp³-hybridized carbons (Fsp3) is 0.125. The second-order valence-electron chi connectivity index (χ2n) is 5.43. The van der Waals surface area contributed by atoms with E-state index in [2.05, 4.69) is 10.3 Å². The third-order valence-electron chi connectivity index (χ3n) is 3.51. The summed E-state index contributed by atoms with van der Waals surface area (Å²) in [6.45, 7) is 1.50. The van der Waals surface area contributed by atoms with Crippen molar-refractivity contribution < 1.29 is 18.0 Å². The SMILES string of the molecule is Cc1nc2c(Cl)cc(C(F)(F)F)cn2c1C(=O)Nc1cc(Cl)cc(Cl)c1. The van der Waals surface area contributed by atoms with Crippen LogP contribution in [0.3, 0.4) is 0 Å². The number of benzene rings is 1. The number of amides is 1. The maximum absolute atomic E-state index is 13.0. The number of carbonyl (C=O) groups excluding carboxylic acids is 1. The van der Waals surface area contributed by atoms with Gasteiger partial charge in [-0.25, -0.2) is 4.98 Å². The van der Waals surface area contributed by atoms with Crippen molar-refractivity contribution in [3.63, 3.8) is 0 Å². The lowest BCUT2D eigenvalue weighted by molar-refractivity contribution is -0.137. The first-order valence-electron chi connectivity index (χ1n) is 7.09. The normalized spacial score (nSPS) is 11.8. The van der Waals surface area contributed by atoms with Gasteiger partial charge in [0.2, 0.25) is 0 Å². The summed E-state index contributed by atoms with van der Waals surface area (Å²) in [5.41, 5.74) is -0.514. The molecule has 2 heterocycles. The number of hydrogen-bond donors (Lipinski definition) is 1. The molecule has 0 bridgehead atoms. The monoisotopic (exact) mass is 421 g/mol. The molecule has 0 radical (unpaired) electrons. The number of alkyl halides is 3. The van der Waals surface area contributed by atoms with Crippen molar-refractivity contribution in [3.05, 3.63) is 62.5 Å². The zero-order chi connectivity index (χ0) is 19.2. The molecule has 0 spiro atoms. The number of imidazole rings is 1. The van der Waals surface area contributed by atoms with E-state index in [1.165, 1.54) is 25.1 Å². The Morgan fingerprint density at radius 3 is 2.31 bits per heavy atom. The van der Waals surface area contributed by atoms with Crippen LogP contribution in [0.5, 0.6) is 0 Å². The summed E-state index contributed by atoms with van der Waals surface area (Å²) in [5, 5.41) is 2.92. The molecule has 0 atom stereocenters. The summed E-state index contributed by atoms with van der Waals surface area (Å²) in [5.74, 6) is -0.677. The van der Waals surface area contributed by atoms with Crippen LogP contribution in [0.2, 0.25) is 15.1 Å². The highest BCUT2D eigenvalue weighted by atomic mass is 35.5. The number of carbonyl (C=O) groups is 1. The van der Waals surface area contributed by atoms with Crippen LogP contribution < -0.4 is 5.32 Å². The number of nitrogens with zero attached hydrogens (tertiary/aromatic N) is 2. The molecule has 10 heteroatoms. The van der Waals surface area contributed by atoms with Gasteiger partial charge in [0.1, 0.15) is 5.69 Å². The van der Waals surface area contributed by atoms with Gasteiger partial charge in [-0.15, -0.1) is 0 Å². The van der Waals surface area contributed by atoms with Gasteiger partial charge in [-0.1, -0.05) is 34.8 Å². The van der Waals surface area contributed by atoms with E-state index in [1.807, 2.05) is 0 Å². The first-order chi connectivity index (χ1) is 12.1. The predicted molar refractivity (Wildman–Crippen MR) is 94.4 cm³/mol. The molecule has 3 aromatic rings. The molecule has 136 valence electrons. The van der Waals surface area contributed by atoms with Crippen LogP contribution in [-0.2, 0) is 6.18 Å². The third kappa shape index (κ3) is 3.60. The van der Waals surface area contributed by atoms with Crippen molar-refractivity contribution in [2.45, 2.75) is 13.1 Å². The molecular formula is C16H9Cl3F3N3O. The Morgan fingerprint density at radius 2 is 1.73 bits per heavy atom. The molecule has 1 N–H and O–H groups in total. The maximum Gasteiger partial charge on any atom is 0.417 e. The molecule has 26 heavy (non-hydrogen) atoms. The number of nitrogens with one attached hydrogen (secondary N) is 1. The first-order valence-corrected chi connectivity index (χ1v) is 8.22. The third-order valence-corrected chi connectivity index (χ3v) is 4.23. The van der Waals surface area contributed by atoms with Crippen molar-refractivity contribution in [1.29, 1.82) is 0 Å². The van der Waals surface area contributed by atoms with E-state index < -0.39 is 17.6 Å². The van der Waals surface area contributed by atoms with E-state index in [0.29, 0.717) is 15.7 Å². The second-order valence-corrected chi connectivity index (χ2v) is 6.71. The fourth-order valence-electron chi connectivity index (χ4n) is 2.46. The number of aryl methyl sites for hydroxylation is 1. The van der Waals surface area contributed by atoms with E-state index >= 15 is 0 Å². The zero-order valence-electron chi connectivity index (χ0n) is 13.0. The van der Waals surface area contributed by atoms with E-state index in [0.717, 1.165) is 16.7 Å². The number of halogens is 6. The summed E-state index contributed by atoms with van der Waals surface area (Å²) < 4.78 is 40.2. The lowest BCUT2D eigenvalue weighted by Gasteiger charge is -2.10. The molecule has 4 nitrogen and oxygen atoms in total. The van der Waals surface area contributed by atoms with Crippen LogP contribution in [-0.4, -0.2) is 15.3 Å². The van der Waals surface area contributed by atoms with Crippen molar-refractivity contribution in [3.8, 4) is 0 Å². The molecule has 2 aromatic heterocycles. The topological polar surface area (TPSA) is 46.4 Å². The summed E-state index contributed by atoms with van der Waals surface area (Å²) in [6, 6.07) is 5.16. The van der Waals surface area contributed by atoms with Crippen LogP contribution in [0.4, 0.5) is 18.9 Å². The van der Waals surface area contributed by atoms with E-state index in [-0.39, 0.29) is 22.1 Å². The van der Waals surface area contributed by atoms with Gasteiger partial charge in [0.05, 0.1) is 16.3 Å². The van der Waals surface area contributed by atoms with Gasteiger partial charge in [-0.05, 0) is 31.2 Å². The van der Waals surface area contributed by atoms with Gasteiger partial charge in [0.25, 0.3) is 5.91 Å². The molecule has 0 saturated carbocycles. The average Bonchev–Trinajstić information content (AvgIpc) is 2.82. The minimum absolute atomic E-state index is 0.0476. The summed E-state index contributed by atoms with van der Waals surface area (Å²) in [6.07, 6.45) is -3.84. The molecule has 1 amide bonds. The maximum atomic E-state index is 13.0. The molecule has 3 rings (SSSR count). The Kier molecular flexibility index (Phi) is 4.81. The van der Waals surface area contributed by atoms with Crippen LogP contribution >= 0.6 is 34.8 Å². The minimum Gasteiger partial charge on any atom is -0.321 e. The smallest absolute Gasteiger partial charge is 0.321 e. The fourth-order valence-corrected chi connectivity index (χ4v) is 3.24. The van der Waals surface area contributed by atoms with Gasteiger partial charge < -0.3 is 5.32 Å². The summed E-state index contributed by atoms with van der Waals surface area (Å²) >= 11 is 17.7. The van der Waals surface area contributed by atoms with E-state index in [1.54, 1.807) is 0 Å². The van der Waals surface area contributed by atoms with E-state index in [4.69, 9.17) is 34.8 Å². The Bertz CT molecular complexity index is 1010. The van der Waals surface area contributed by atoms with Crippen LogP contribution in [0.15, 0.2) is 30.5 Å². The number of pyridine rings is 1. The quantitative estimate of drug-likeness (QED) is 0.561. The lowest BCUT2D eigenvalue weighted by atomic mass is 10.2. The van der Waals surface area contributed by atoms with Gasteiger partial charge >= 0.3 is 6.18 Å². The number of anilines is 1. The highest BCUT2D eigenvalue weighted by molar-refractivity contribution is 6.35. The Labute approximate surface area is 160 Å². The molecule has 0 unspecified atom stereocenters. The van der Waals surface area contributed by atoms with Crippen molar-refractivity contribution in [2.75, 3.05) is 5.32 Å². The Morgan fingerprint density at radius 1 is 1.12 bits per heavy atom. The molecule has 0 saturated heterocycles. The first kappa shape index (κ1) is 18.8. The minimum atomic E-state index is -4.62. The standard InChI is InChI=1S/C16H9Cl3F3N3O/c1-7-13(15(26)24-11-4-9(17)3-10(18)5-11)25-6-8(16(20,21)22)2-12(19)14(25)23-7/h2-6H,1H3,(H,24,26). The van der Waals surface area contributed by atoms with E-state index in [9.17, 15) is 18.0 Å². The van der Waals surface area contributed by atoms with Gasteiger partial charge in [0, 0.05) is 21.9 Å². The predicted octanol–water partition coefficient (Wildman–Crippen LogP) is 5.87. The number of fused-ring (bicyclic) bond motifs is 1. The molecule has 0 aliphatic rings. The molecule has 1 aromatic carbocycles. The van der Waals surface area contributed by atoms with Crippen LogP contribution in [0, 0.1) is 6.92 Å².